The number of phenols is 1. The van der Waals surface area contributed by atoms with Gasteiger partial charge in [0.05, 0.1) is 6.33 Å². The molecule has 3 heterocycles. The SMILES string of the molecule is CCCCn1ccc(-c2ccc(OCc3cccnc3)cc2O)c(NC(=O)Nc2cccc(Cn3ccnc3)c2)c1=O. The standard InChI is InChI=1S/C32H32N6O4/c1-2-3-14-38-15-11-28(27-10-9-26(18-29(27)39)42-21-24-7-5-12-33-19-24)30(31(38)40)36-32(41)35-25-8-4-6-23(17-25)20-37-16-13-34-22-37/h4-13,15-19,22,39H,2-3,14,20-21H2,1H3,(H2,35,36,41). The monoisotopic (exact) mass is 564 g/mol. The Morgan fingerprint density at radius 3 is 2.60 bits per heavy atom. The molecule has 0 fully saturated rings. The van der Waals surface area contributed by atoms with Crippen molar-refractivity contribution in [2.24, 2.45) is 0 Å². The minimum Gasteiger partial charge on any atom is -0.507 e. The molecule has 5 aromatic rings. The highest BCUT2D eigenvalue weighted by Gasteiger charge is 2.18. The molecule has 10 nitrogen and oxygen atoms in total. The van der Waals surface area contributed by atoms with Crippen LogP contribution in [0.2, 0.25) is 0 Å². The minimum absolute atomic E-state index is 0.0694. The second-order valence-electron chi connectivity index (χ2n) is 9.80. The molecule has 2 amide bonds. The quantitative estimate of drug-likeness (QED) is 0.184. The van der Waals surface area contributed by atoms with Crippen molar-refractivity contribution in [1.29, 1.82) is 0 Å². The molecule has 2 aromatic carbocycles. The predicted octanol–water partition coefficient (Wildman–Crippen LogP) is 5.88. The highest BCUT2D eigenvalue weighted by atomic mass is 16.5. The van der Waals surface area contributed by atoms with Gasteiger partial charge in [0.25, 0.3) is 5.56 Å². The maximum Gasteiger partial charge on any atom is 0.323 e. The first-order chi connectivity index (χ1) is 20.5. The average molecular weight is 565 g/mol. The zero-order valence-electron chi connectivity index (χ0n) is 23.2. The number of hydrogen-bond acceptors (Lipinski definition) is 6. The van der Waals surface area contributed by atoms with Gasteiger partial charge in [-0.15, -0.1) is 0 Å². The van der Waals surface area contributed by atoms with E-state index in [2.05, 4.69) is 20.6 Å². The van der Waals surface area contributed by atoms with Crippen LogP contribution in [0.5, 0.6) is 11.5 Å². The molecule has 5 rings (SSSR count). The van der Waals surface area contributed by atoms with Crippen LogP contribution in [-0.2, 0) is 19.7 Å². The number of phenolic OH excluding ortho intramolecular Hbond substituents is 1. The van der Waals surface area contributed by atoms with Crippen molar-refractivity contribution in [2.75, 3.05) is 10.6 Å². The van der Waals surface area contributed by atoms with E-state index in [9.17, 15) is 14.7 Å². The number of amides is 2. The molecule has 214 valence electrons. The van der Waals surface area contributed by atoms with E-state index in [-0.39, 0.29) is 23.6 Å². The lowest BCUT2D eigenvalue weighted by Crippen LogP contribution is -2.29. The Hall–Kier alpha value is -5.38. The Labute approximate surface area is 243 Å². The van der Waals surface area contributed by atoms with E-state index in [1.165, 1.54) is 6.07 Å². The molecule has 10 heteroatoms. The summed E-state index contributed by atoms with van der Waals surface area (Å²) in [6, 6.07) is 17.2. The number of aromatic hydroxyl groups is 1. The first-order valence-electron chi connectivity index (χ1n) is 13.7. The Kier molecular flexibility index (Phi) is 8.93. The summed E-state index contributed by atoms with van der Waals surface area (Å²) >= 11 is 0. The number of anilines is 2. The van der Waals surface area contributed by atoms with Gasteiger partial charge in [0.1, 0.15) is 23.8 Å². The third-order valence-electron chi connectivity index (χ3n) is 6.65. The Morgan fingerprint density at radius 2 is 1.83 bits per heavy atom. The topological polar surface area (TPSA) is 123 Å². The number of urea groups is 1. The number of ether oxygens (including phenoxy) is 1. The Morgan fingerprint density at radius 1 is 0.952 bits per heavy atom. The molecule has 0 aliphatic rings. The minimum atomic E-state index is -0.572. The third kappa shape index (κ3) is 7.03. The molecule has 0 saturated heterocycles. The third-order valence-corrected chi connectivity index (χ3v) is 6.65. The van der Waals surface area contributed by atoms with Crippen molar-refractivity contribution < 1.29 is 14.6 Å². The van der Waals surface area contributed by atoms with Crippen LogP contribution in [0.15, 0.2) is 103 Å². The van der Waals surface area contributed by atoms with Gasteiger partial charge in [0, 0.05) is 72.5 Å². The number of benzene rings is 2. The molecule has 0 aliphatic carbocycles. The van der Waals surface area contributed by atoms with Crippen LogP contribution in [0.1, 0.15) is 30.9 Å². The van der Waals surface area contributed by atoms with E-state index < -0.39 is 6.03 Å². The summed E-state index contributed by atoms with van der Waals surface area (Å²) in [5, 5.41) is 16.5. The fourth-order valence-electron chi connectivity index (χ4n) is 4.52. The molecular weight excluding hydrogens is 532 g/mol. The van der Waals surface area contributed by atoms with E-state index in [0.29, 0.717) is 35.7 Å². The van der Waals surface area contributed by atoms with E-state index >= 15 is 0 Å². The number of aryl methyl sites for hydroxylation is 1. The predicted molar refractivity (Wildman–Crippen MR) is 162 cm³/mol. The molecule has 0 atom stereocenters. The largest absolute Gasteiger partial charge is 0.507 e. The van der Waals surface area contributed by atoms with Gasteiger partial charge in [-0.25, -0.2) is 9.78 Å². The van der Waals surface area contributed by atoms with Crippen LogP contribution in [0.25, 0.3) is 11.1 Å². The lowest BCUT2D eigenvalue weighted by Gasteiger charge is -2.16. The van der Waals surface area contributed by atoms with E-state index in [1.54, 1.807) is 59.9 Å². The lowest BCUT2D eigenvalue weighted by atomic mass is 10.0. The van der Waals surface area contributed by atoms with Crippen LogP contribution in [-0.4, -0.2) is 30.2 Å². The highest BCUT2D eigenvalue weighted by Crippen LogP contribution is 2.35. The van der Waals surface area contributed by atoms with Gasteiger partial charge >= 0.3 is 6.03 Å². The summed E-state index contributed by atoms with van der Waals surface area (Å²) in [5.74, 6) is 0.374. The zero-order valence-corrected chi connectivity index (χ0v) is 23.2. The number of nitrogens with one attached hydrogen (secondary N) is 2. The summed E-state index contributed by atoms with van der Waals surface area (Å²) in [6.07, 6.45) is 12.1. The molecule has 3 aromatic heterocycles. The van der Waals surface area contributed by atoms with Crippen LogP contribution >= 0.6 is 0 Å². The van der Waals surface area contributed by atoms with Gasteiger partial charge in [-0.3, -0.25) is 9.78 Å². The molecule has 0 bridgehead atoms. The Balaban J connectivity index is 1.38. The second kappa shape index (κ2) is 13.3. The number of hydrogen-bond donors (Lipinski definition) is 3. The second-order valence-corrected chi connectivity index (χ2v) is 9.80. The van der Waals surface area contributed by atoms with Gasteiger partial charge in [0.2, 0.25) is 0 Å². The summed E-state index contributed by atoms with van der Waals surface area (Å²) in [6.45, 7) is 3.44. The number of imidazole rings is 1. The van der Waals surface area contributed by atoms with Gasteiger partial charge < -0.3 is 29.6 Å². The van der Waals surface area contributed by atoms with Gasteiger partial charge in [-0.1, -0.05) is 31.5 Å². The molecule has 0 saturated carbocycles. The highest BCUT2D eigenvalue weighted by molar-refractivity contribution is 6.02. The van der Waals surface area contributed by atoms with Gasteiger partial charge in [-0.2, -0.15) is 0 Å². The summed E-state index contributed by atoms with van der Waals surface area (Å²) in [7, 11) is 0. The smallest absolute Gasteiger partial charge is 0.323 e. The number of carbonyl (C=O) groups is 1. The fraction of sp³-hybridized carbons (Fsp3) is 0.188. The van der Waals surface area contributed by atoms with E-state index in [1.807, 2.05) is 48.0 Å². The van der Waals surface area contributed by atoms with Crippen molar-refractivity contribution in [3.63, 3.8) is 0 Å². The van der Waals surface area contributed by atoms with Crippen LogP contribution < -0.4 is 20.9 Å². The molecule has 3 N–H and O–H groups in total. The summed E-state index contributed by atoms with van der Waals surface area (Å²) < 4.78 is 9.30. The normalized spacial score (nSPS) is 10.8. The first-order valence-corrected chi connectivity index (χ1v) is 13.7. The molecule has 0 aliphatic heterocycles. The molecule has 0 unspecified atom stereocenters. The number of nitrogens with zero attached hydrogens (tertiary/aromatic N) is 4. The van der Waals surface area contributed by atoms with Gasteiger partial charge in [0.15, 0.2) is 0 Å². The summed E-state index contributed by atoms with van der Waals surface area (Å²) in [4.78, 5) is 34.8. The molecule has 0 radical (unpaired) electrons. The van der Waals surface area contributed by atoms with Crippen molar-refractivity contribution in [3.8, 4) is 22.6 Å². The lowest BCUT2D eigenvalue weighted by molar-refractivity contribution is 0.262. The number of carbonyl (C=O) groups excluding carboxylic acids is 1. The first kappa shape index (κ1) is 28.2. The fourth-order valence-corrected chi connectivity index (χ4v) is 4.52. The van der Waals surface area contributed by atoms with Crippen LogP contribution in [0, 0.1) is 0 Å². The van der Waals surface area contributed by atoms with Crippen LogP contribution in [0.4, 0.5) is 16.2 Å². The van der Waals surface area contributed by atoms with Crippen molar-refractivity contribution in [2.45, 2.75) is 39.5 Å². The number of pyridine rings is 2. The zero-order chi connectivity index (χ0) is 29.3. The van der Waals surface area contributed by atoms with Crippen LogP contribution in [0.3, 0.4) is 0 Å². The van der Waals surface area contributed by atoms with E-state index in [4.69, 9.17) is 4.74 Å². The van der Waals surface area contributed by atoms with Crippen molar-refractivity contribution in [1.82, 2.24) is 19.1 Å². The molecule has 0 spiro atoms. The number of rotatable bonds is 11. The number of aromatic nitrogens is 4. The molecule has 42 heavy (non-hydrogen) atoms. The van der Waals surface area contributed by atoms with Gasteiger partial charge in [-0.05, 0) is 48.4 Å². The number of unbranched alkanes of at least 4 members (excludes halogenated alkanes) is 1. The Bertz CT molecular complexity index is 1700. The average Bonchev–Trinajstić information content (AvgIpc) is 3.50. The van der Waals surface area contributed by atoms with E-state index in [0.717, 1.165) is 24.0 Å². The summed E-state index contributed by atoms with van der Waals surface area (Å²) in [5.41, 5.74) is 2.94. The van der Waals surface area contributed by atoms with Crippen molar-refractivity contribution in [3.05, 3.63) is 119 Å². The maximum absolute atomic E-state index is 13.5. The van der Waals surface area contributed by atoms with Crippen molar-refractivity contribution >= 4 is 17.4 Å². The maximum atomic E-state index is 13.5. The molecular formula is C32H32N6O4.